The molecule has 112 valence electrons. The first-order valence-corrected chi connectivity index (χ1v) is 7.39. The van der Waals surface area contributed by atoms with E-state index >= 15 is 0 Å². The third-order valence-corrected chi connectivity index (χ3v) is 4.07. The van der Waals surface area contributed by atoms with Gasteiger partial charge in [0.2, 0.25) is 0 Å². The number of halogens is 1. The van der Waals surface area contributed by atoms with Crippen molar-refractivity contribution in [2.45, 2.75) is 6.92 Å². The first-order valence-electron chi connectivity index (χ1n) is 7.01. The van der Waals surface area contributed by atoms with Crippen LogP contribution in [0.4, 0.5) is 5.69 Å². The Kier molecular flexibility index (Phi) is 3.86. The van der Waals surface area contributed by atoms with Crippen LogP contribution in [0.25, 0.3) is 17.1 Å². The zero-order valence-electron chi connectivity index (χ0n) is 12.8. The van der Waals surface area contributed by atoms with Crippen LogP contribution in [0.15, 0.2) is 48.8 Å². The molecule has 0 aliphatic heterocycles. The maximum Gasteiger partial charge on any atom is 0.163 e. The number of rotatable bonds is 3. The van der Waals surface area contributed by atoms with Crippen molar-refractivity contribution >= 4 is 17.3 Å². The molecule has 2 aromatic carbocycles. The summed E-state index contributed by atoms with van der Waals surface area (Å²) in [6, 6.07) is 14.0. The predicted octanol–water partition coefficient (Wildman–Crippen LogP) is 3.96. The molecule has 1 aromatic heterocycles. The average molecular weight is 313 g/mol. The Morgan fingerprint density at radius 2 is 1.77 bits per heavy atom. The van der Waals surface area contributed by atoms with Crippen LogP contribution in [0.3, 0.4) is 0 Å². The standard InChI is InChI=1S/C17H17ClN4/c1-12-15(18)5-4-6-16(12)22-17(19-11-20-22)13-7-9-14(10-8-13)21(2)3/h4-11H,1-3H3. The van der Waals surface area contributed by atoms with Gasteiger partial charge in [0.1, 0.15) is 6.33 Å². The lowest BCUT2D eigenvalue weighted by atomic mass is 10.1. The number of hydrogen-bond donors (Lipinski definition) is 0. The van der Waals surface area contributed by atoms with Gasteiger partial charge in [0, 0.05) is 30.4 Å². The number of nitrogens with zero attached hydrogens (tertiary/aromatic N) is 4. The summed E-state index contributed by atoms with van der Waals surface area (Å²) in [5.74, 6) is 0.802. The minimum Gasteiger partial charge on any atom is -0.378 e. The van der Waals surface area contributed by atoms with Crippen molar-refractivity contribution < 1.29 is 0 Å². The van der Waals surface area contributed by atoms with Crippen LogP contribution in [-0.2, 0) is 0 Å². The van der Waals surface area contributed by atoms with Crippen molar-refractivity contribution in [1.29, 1.82) is 0 Å². The van der Waals surface area contributed by atoms with Gasteiger partial charge in [-0.15, -0.1) is 0 Å². The van der Waals surface area contributed by atoms with E-state index in [4.69, 9.17) is 11.6 Å². The second-order valence-corrected chi connectivity index (χ2v) is 5.73. The first kappa shape index (κ1) is 14.6. The van der Waals surface area contributed by atoms with Gasteiger partial charge in [-0.25, -0.2) is 9.67 Å². The highest BCUT2D eigenvalue weighted by molar-refractivity contribution is 6.31. The maximum atomic E-state index is 6.22. The molecule has 1 heterocycles. The fraction of sp³-hybridized carbons (Fsp3) is 0.176. The summed E-state index contributed by atoms with van der Waals surface area (Å²) in [7, 11) is 4.04. The molecule has 0 unspecified atom stereocenters. The summed E-state index contributed by atoms with van der Waals surface area (Å²) in [5.41, 5.74) is 4.09. The molecule has 3 aromatic rings. The van der Waals surface area contributed by atoms with Gasteiger partial charge in [0.15, 0.2) is 5.82 Å². The molecule has 0 N–H and O–H groups in total. The molecule has 5 heteroatoms. The Hall–Kier alpha value is -2.33. The molecular weight excluding hydrogens is 296 g/mol. The first-order chi connectivity index (χ1) is 10.6. The maximum absolute atomic E-state index is 6.22. The van der Waals surface area contributed by atoms with Crippen LogP contribution in [-0.4, -0.2) is 28.9 Å². The normalized spacial score (nSPS) is 10.7. The van der Waals surface area contributed by atoms with E-state index in [-0.39, 0.29) is 0 Å². The van der Waals surface area contributed by atoms with Gasteiger partial charge in [-0.2, -0.15) is 5.10 Å². The van der Waals surface area contributed by atoms with Gasteiger partial charge in [-0.05, 0) is 48.9 Å². The Morgan fingerprint density at radius 3 is 2.45 bits per heavy atom. The monoisotopic (exact) mass is 312 g/mol. The van der Waals surface area contributed by atoms with Gasteiger partial charge in [-0.3, -0.25) is 0 Å². The molecule has 0 radical (unpaired) electrons. The van der Waals surface area contributed by atoms with Gasteiger partial charge >= 0.3 is 0 Å². The van der Waals surface area contributed by atoms with Crippen molar-refractivity contribution in [3.63, 3.8) is 0 Å². The molecule has 0 spiro atoms. The quantitative estimate of drug-likeness (QED) is 0.734. The van der Waals surface area contributed by atoms with E-state index in [2.05, 4.69) is 39.2 Å². The van der Waals surface area contributed by atoms with Crippen molar-refractivity contribution in [3.05, 3.63) is 59.4 Å². The Morgan fingerprint density at radius 1 is 1.05 bits per heavy atom. The largest absolute Gasteiger partial charge is 0.378 e. The van der Waals surface area contributed by atoms with Crippen molar-refractivity contribution in [1.82, 2.24) is 14.8 Å². The summed E-state index contributed by atoms with van der Waals surface area (Å²) in [5, 5.41) is 5.08. The number of benzene rings is 2. The molecule has 0 bridgehead atoms. The lowest BCUT2D eigenvalue weighted by molar-refractivity contribution is 0.879. The second-order valence-electron chi connectivity index (χ2n) is 5.32. The van der Waals surface area contributed by atoms with E-state index < -0.39 is 0 Å². The van der Waals surface area contributed by atoms with E-state index in [1.54, 1.807) is 6.33 Å². The van der Waals surface area contributed by atoms with E-state index in [0.29, 0.717) is 0 Å². The molecule has 0 aliphatic carbocycles. The van der Waals surface area contributed by atoms with Crippen molar-refractivity contribution in [3.8, 4) is 17.1 Å². The third kappa shape index (κ3) is 2.57. The Bertz CT molecular complexity index is 791. The minimum atomic E-state index is 0.724. The molecule has 22 heavy (non-hydrogen) atoms. The van der Waals surface area contributed by atoms with Gasteiger partial charge < -0.3 is 4.90 Å². The lowest BCUT2D eigenvalue weighted by Crippen LogP contribution is -2.08. The topological polar surface area (TPSA) is 34.0 Å². The molecule has 0 atom stereocenters. The molecule has 4 nitrogen and oxygen atoms in total. The summed E-state index contributed by atoms with van der Waals surface area (Å²) < 4.78 is 1.83. The summed E-state index contributed by atoms with van der Waals surface area (Å²) in [4.78, 5) is 6.47. The van der Waals surface area contributed by atoms with Crippen LogP contribution >= 0.6 is 11.6 Å². The zero-order valence-corrected chi connectivity index (χ0v) is 13.5. The van der Waals surface area contributed by atoms with Gasteiger partial charge in [0.25, 0.3) is 0 Å². The van der Waals surface area contributed by atoms with Gasteiger partial charge in [0.05, 0.1) is 5.69 Å². The van der Waals surface area contributed by atoms with E-state index in [1.807, 2.05) is 43.9 Å². The highest BCUT2D eigenvalue weighted by atomic mass is 35.5. The number of anilines is 1. The zero-order chi connectivity index (χ0) is 15.7. The fourth-order valence-corrected chi connectivity index (χ4v) is 2.52. The van der Waals surface area contributed by atoms with Crippen LogP contribution in [0.1, 0.15) is 5.56 Å². The number of hydrogen-bond acceptors (Lipinski definition) is 3. The molecule has 0 saturated heterocycles. The van der Waals surface area contributed by atoms with Crippen molar-refractivity contribution in [2.75, 3.05) is 19.0 Å². The molecule has 0 aliphatic rings. The van der Waals surface area contributed by atoms with Crippen molar-refractivity contribution in [2.24, 2.45) is 0 Å². The fourth-order valence-electron chi connectivity index (χ4n) is 2.35. The molecule has 0 fully saturated rings. The Balaban J connectivity index is 2.07. The van der Waals surface area contributed by atoms with Crippen LogP contribution < -0.4 is 4.90 Å². The molecular formula is C17H17ClN4. The summed E-state index contributed by atoms with van der Waals surface area (Å²) in [6.07, 6.45) is 1.57. The van der Waals surface area contributed by atoms with Crippen LogP contribution in [0.2, 0.25) is 5.02 Å². The van der Waals surface area contributed by atoms with Gasteiger partial charge in [-0.1, -0.05) is 17.7 Å². The van der Waals surface area contributed by atoms with E-state index in [9.17, 15) is 0 Å². The summed E-state index contributed by atoms with van der Waals surface area (Å²) >= 11 is 6.22. The predicted molar refractivity (Wildman–Crippen MR) is 90.9 cm³/mol. The molecule has 0 amide bonds. The SMILES string of the molecule is Cc1c(Cl)cccc1-n1ncnc1-c1ccc(N(C)C)cc1. The van der Waals surface area contributed by atoms with Crippen LogP contribution in [0.5, 0.6) is 0 Å². The van der Waals surface area contributed by atoms with Crippen LogP contribution in [0, 0.1) is 6.92 Å². The Labute approximate surface area is 135 Å². The molecule has 3 rings (SSSR count). The third-order valence-electron chi connectivity index (χ3n) is 3.66. The smallest absolute Gasteiger partial charge is 0.163 e. The summed E-state index contributed by atoms with van der Waals surface area (Å²) in [6.45, 7) is 1.98. The molecule has 0 saturated carbocycles. The van der Waals surface area contributed by atoms with E-state index in [0.717, 1.165) is 33.3 Å². The minimum absolute atomic E-state index is 0.724. The highest BCUT2D eigenvalue weighted by Gasteiger charge is 2.12. The lowest BCUT2D eigenvalue weighted by Gasteiger charge is -2.13. The number of aromatic nitrogens is 3. The average Bonchev–Trinajstić information content (AvgIpc) is 2.99. The van der Waals surface area contributed by atoms with E-state index in [1.165, 1.54) is 0 Å². The second kappa shape index (κ2) is 5.81. The highest BCUT2D eigenvalue weighted by Crippen LogP contribution is 2.26.